The summed E-state index contributed by atoms with van der Waals surface area (Å²) in [6.45, 7) is 3.09. The topological polar surface area (TPSA) is 98.8 Å². The van der Waals surface area contributed by atoms with Gasteiger partial charge in [0.1, 0.15) is 5.75 Å². The molecule has 0 aliphatic carbocycles. The number of piperidine rings is 3. The van der Waals surface area contributed by atoms with Crippen molar-refractivity contribution in [3.05, 3.63) is 23.9 Å². The molecule has 2 bridgehead atoms. The SMILES string of the molecule is COc1ccc2c(C(=O)N(C)[C@@H]3CN4CCC3CC4)n[nH]c2c1.O=CO. The molecule has 3 fully saturated rings. The first kappa shape index (κ1) is 18.2. The number of H-pyrrole nitrogens is 1. The molecule has 1 atom stereocenters. The van der Waals surface area contributed by atoms with Gasteiger partial charge in [0.05, 0.1) is 12.6 Å². The van der Waals surface area contributed by atoms with Crippen molar-refractivity contribution in [2.45, 2.75) is 18.9 Å². The summed E-state index contributed by atoms with van der Waals surface area (Å²) in [4.78, 5) is 25.7. The van der Waals surface area contributed by atoms with Gasteiger partial charge in [-0.3, -0.25) is 14.7 Å². The highest BCUT2D eigenvalue weighted by molar-refractivity contribution is 6.04. The fourth-order valence-corrected chi connectivity index (χ4v) is 3.98. The van der Waals surface area contributed by atoms with Gasteiger partial charge in [-0.1, -0.05) is 0 Å². The Morgan fingerprint density at radius 2 is 2.12 bits per heavy atom. The highest BCUT2D eigenvalue weighted by atomic mass is 16.5. The number of aromatic nitrogens is 2. The van der Waals surface area contributed by atoms with E-state index < -0.39 is 0 Å². The van der Waals surface area contributed by atoms with Crippen molar-refractivity contribution < 1.29 is 19.4 Å². The van der Waals surface area contributed by atoms with Gasteiger partial charge in [-0.15, -0.1) is 0 Å². The highest BCUT2D eigenvalue weighted by Gasteiger charge is 2.38. The molecule has 1 aromatic heterocycles. The first-order valence-electron chi connectivity index (χ1n) is 8.68. The number of rotatable bonds is 3. The summed E-state index contributed by atoms with van der Waals surface area (Å²) >= 11 is 0. The number of aromatic amines is 1. The zero-order valence-electron chi connectivity index (χ0n) is 15.0. The smallest absolute Gasteiger partial charge is 0.290 e. The molecule has 8 nitrogen and oxygen atoms in total. The third kappa shape index (κ3) is 3.37. The van der Waals surface area contributed by atoms with Gasteiger partial charge in [-0.2, -0.15) is 5.10 Å². The maximum absolute atomic E-state index is 12.9. The van der Waals surface area contributed by atoms with E-state index in [1.807, 2.05) is 30.1 Å². The molecular formula is C18H24N4O4. The lowest BCUT2D eigenvalue weighted by atomic mass is 9.83. The van der Waals surface area contributed by atoms with Crippen LogP contribution in [0, 0.1) is 5.92 Å². The van der Waals surface area contributed by atoms with Crippen molar-refractivity contribution in [2.75, 3.05) is 33.8 Å². The quantitative estimate of drug-likeness (QED) is 0.804. The molecule has 0 spiro atoms. The van der Waals surface area contributed by atoms with Gasteiger partial charge in [0.25, 0.3) is 12.4 Å². The summed E-state index contributed by atoms with van der Waals surface area (Å²) in [5.74, 6) is 1.38. The van der Waals surface area contributed by atoms with E-state index in [2.05, 4.69) is 15.1 Å². The Morgan fingerprint density at radius 3 is 2.69 bits per heavy atom. The van der Waals surface area contributed by atoms with Gasteiger partial charge < -0.3 is 19.6 Å². The first-order chi connectivity index (χ1) is 12.6. The molecule has 0 saturated carbocycles. The van der Waals surface area contributed by atoms with E-state index in [0.717, 1.165) is 23.2 Å². The van der Waals surface area contributed by atoms with E-state index in [9.17, 15) is 4.79 Å². The van der Waals surface area contributed by atoms with Crippen molar-refractivity contribution in [2.24, 2.45) is 5.92 Å². The molecule has 2 aromatic rings. The number of carbonyl (C=O) groups excluding carboxylic acids is 1. The normalized spacial score (nSPS) is 23.8. The number of hydrogen-bond acceptors (Lipinski definition) is 5. The minimum atomic E-state index is -0.250. The molecule has 4 heterocycles. The predicted octanol–water partition coefficient (Wildman–Crippen LogP) is 1.44. The molecule has 3 aliphatic rings. The Kier molecular flexibility index (Phi) is 5.41. The van der Waals surface area contributed by atoms with Crippen LogP contribution in [0.5, 0.6) is 5.75 Å². The Morgan fingerprint density at radius 1 is 1.42 bits per heavy atom. The number of amides is 1. The molecule has 2 N–H and O–H groups in total. The van der Waals surface area contributed by atoms with Gasteiger partial charge in [0.2, 0.25) is 0 Å². The van der Waals surface area contributed by atoms with Crippen molar-refractivity contribution in [1.82, 2.24) is 20.0 Å². The predicted molar refractivity (Wildman–Crippen MR) is 96.4 cm³/mol. The van der Waals surface area contributed by atoms with Crippen LogP contribution in [-0.2, 0) is 4.79 Å². The number of hydrogen-bond donors (Lipinski definition) is 2. The molecule has 0 radical (unpaired) electrons. The second kappa shape index (κ2) is 7.74. The number of nitrogens with one attached hydrogen (secondary N) is 1. The van der Waals surface area contributed by atoms with Crippen molar-refractivity contribution in [3.8, 4) is 5.75 Å². The Hall–Kier alpha value is -2.61. The lowest BCUT2D eigenvalue weighted by molar-refractivity contribution is -0.122. The Bertz CT molecular complexity index is 783. The van der Waals surface area contributed by atoms with Gasteiger partial charge in [-0.25, -0.2) is 0 Å². The molecule has 1 amide bonds. The number of fused-ring (bicyclic) bond motifs is 4. The third-order valence-corrected chi connectivity index (χ3v) is 5.41. The van der Waals surface area contributed by atoms with E-state index in [1.165, 1.54) is 25.9 Å². The maximum Gasteiger partial charge on any atom is 0.290 e. The molecule has 0 unspecified atom stereocenters. The summed E-state index contributed by atoms with van der Waals surface area (Å²) in [6.07, 6.45) is 2.39. The first-order valence-corrected chi connectivity index (χ1v) is 8.68. The van der Waals surface area contributed by atoms with Crippen LogP contribution >= 0.6 is 0 Å². The van der Waals surface area contributed by atoms with Crippen LogP contribution in [-0.4, -0.2) is 77.3 Å². The number of carbonyl (C=O) groups is 2. The summed E-state index contributed by atoms with van der Waals surface area (Å²) in [6, 6.07) is 5.93. The largest absolute Gasteiger partial charge is 0.497 e. The van der Waals surface area contributed by atoms with E-state index in [-0.39, 0.29) is 12.4 Å². The minimum Gasteiger partial charge on any atom is -0.497 e. The molecular weight excluding hydrogens is 336 g/mol. The monoisotopic (exact) mass is 360 g/mol. The van der Waals surface area contributed by atoms with Crippen LogP contribution in [0.15, 0.2) is 18.2 Å². The van der Waals surface area contributed by atoms with Gasteiger partial charge >= 0.3 is 0 Å². The molecule has 3 saturated heterocycles. The number of ether oxygens (including phenoxy) is 1. The fraction of sp³-hybridized carbons (Fsp3) is 0.500. The Labute approximate surface area is 151 Å². The number of likely N-dealkylation sites (N-methyl/N-ethyl adjacent to an activating group) is 1. The van der Waals surface area contributed by atoms with Crippen molar-refractivity contribution >= 4 is 23.3 Å². The molecule has 5 rings (SSSR count). The average Bonchev–Trinajstić information content (AvgIpc) is 3.11. The minimum absolute atomic E-state index is 0.000154. The molecule has 8 heteroatoms. The number of carboxylic acid groups (broad SMARTS) is 1. The Balaban J connectivity index is 0.000000613. The van der Waals surface area contributed by atoms with Crippen LogP contribution in [0.3, 0.4) is 0 Å². The second-order valence-electron chi connectivity index (χ2n) is 6.71. The summed E-state index contributed by atoms with van der Waals surface area (Å²) < 4.78 is 5.22. The second-order valence-corrected chi connectivity index (χ2v) is 6.71. The van der Waals surface area contributed by atoms with Crippen LogP contribution in [0.2, 0.25) is 0 Å². The fourth-order valence-electron chi connectivity index (χ4n) is 3.98. The van der Waals surface area contributed by atoms with Gasteiger partial charge in [0, 0.05) is 31.1 Å². The zero-order valence-corrected chi connectivity index (χ0v) is 15.0. The summed E-state index contributed by atoms with van der Waals surface area (Å²) in [5.41, 5.74) is 1.33. The third-order valence-electron chi connectivity index (χ3n) is 5.41. The van der Waals surface area contributed by atoms with Crippen LogP contribution < -0.4 is 4.74 Å². The lowest BCUT2D eigenvalue weighted by Crippen LogP contribution is -2.57. The molecule has 1 aromatic carbocycles. The zero-order chi connectivity index (χ0) is 18.7. The number of methoxy groups -OCH3 is 1. The van der Waals surface area contributed by atoms with E-state index in [1.54, 1.807) is 7.11 Å². The van der Waals surface area contributed by atoms with Crippen LogP contribution in [0.1, 0.15) is 23.3 Å². The molecule has 26 heavy (non-hydrogen) atoms. The summed E-state index contributed by atoms with van der Waals surface area (Å²) in [7, 11) is 3.55. The standard InChI is InChI=1S/C17H22N4O2.CH2O2/c1-20(15-10-21-7-5-11(15)6-8-21)17(22)16-13-4-3-12(23-2)9-14(13)18-19-16;2-1-3/h3-4,9,11,15H,5-8,10H2,1-2H3,(H,18,19);1H,(H,2,3)/t15-;/m1./s1. The maximum atomic E-state index is 12.9. The molecule has 140 valence electrons. The lowest BCUT2D eigenvalue weighted by Gasteiger charge is -2.47. The highest BCUT2D eigenvalue weighted by Crippen LogP contribution is 2.31. The number of nitrogens with zero attached hydrogens (tertiary/aromatic N) is 3. The van der Waals surface area contributed by atoms with E-state index in [4.69, 9.17) is 14.6 Å². The molecule has 3 aliphatic heterocycles. The van der Waals surface area contributed by atoms with E-state index in [0.29, 0.717) is 17.7 Å². The summed E-state index contributed by atoms with van der Waals surface area (Å²) in [5, 5.41) is 15.0. The van der Waals surface area contributed by atoms with Crippen molar-refractivity contribution in [3.63, 3.8) is 0 Å². The van der Waals surface area contributed by atoms with Crippen LogP contribution in [0.4, 0.5) is 0 Å². The van der Waals surface area contributed by atoms with E-state index >= 15 is 0 Å². The average molecular weight is 360 g/mol. The van der Waals surface area contributed by atoms with Crippen LogP contribution in [0.25, 0.3) is 10.9 Å². The van der Waals surface area contributed by atoms with Gasteiger partial charge in [0.15, 0.2) is 5.69 Å². The van der Waals surface area contributed by atoms with Crippen molar-refractivity contribution in [1.29, 1.82) is 0 Å². The number of benzene rings is 1. The van der Waals surface area contributed by atoms with Gasteiger partial charge in [-0.05, 0) is 44.0 Å².